The molecule has 2 aromatic carbocycles. The van der Waals surface area contributed by atoms with E-state index in [1.54, 1.807) is 20.3 Å². The number of ether oxygens (including phenoxy) is 4. The van der Waals surface area contributed by atoms with E-state index in [2.05, 4.69) is 4.90 Å². The molecule has 2 atom stereocenters. The molecule has 0 aliphatic carbocycles. The molecule has 7 nitrogen and oxygen atoms in total. The fourth-order valence-corrected chi connectivity index (χ4v) is 4.21. The van der Waals surface area contributed by atoms with Crippen molar-refractivity contribution in [3.05, 3.63) is 53.6 Å². The molecule has 1 aliphatic rings. The first-order valence-corrected chi connectivity index (χ1v) is 11.7. The van der Waals surface area contributed by atoms with Crippen LogP contribution >= 0.6 is 0 Å². The molecule has 2 aromatic rings. The van der Waals surface area contributed by atoms with Gasteiger partial charge in [-0.05, 0) is 81.6 Å². The van der Waals surface area contributed by atoms with Crippen LogP contribution in [0.25, 0.3) is 0 Å². The Morgan fingerprint density at radius 1 is 1.06 bits per heavy atom. The highest BCUT2D eigenvalue weighted by Gasteiger charge is 2.30. The lowest BCUT2D eigenvalue weighted by molar-refractivity contribution is -0.157. The van der Waals surface area contributed by atoms with E-state index in [4.69, 9.17) is 18.9 Å². The summed E-state index contributed by atoms with van der Waals surface area (Å²) in [7, 11) is 5.19. The number of carbonyl (C=O) groups excluding carboxylic acids is 2. The summed E-state index contributed by atoms with van der Waals surface area (Å²) in [6.45, 7) is 2.38. The van der Waals surface area contributed by atoms with Crippen molar-refractivity contribution in [2.24, 2.45) is 0 Å². The number of esters is 1. The van der Waals surface area contributed by atoms with Crippen LogP contribution in [-0.4, -0.2) is 57.1 Å². The van der Waals surface area contributed by atoms with Crippen LogP contribution in [0.3, 0.4) is 0 Å². The van der Waals surface area contributed by atoms with Gasteiger partial charge in [0.15, 0.2) is 17.3 Å². The number of aryl methyl sites for hydroxylation is 1. The number of Topliss-reactive ketones (excluding diaryl/α,β-unsaturated/α-hetero) is 1. The molecular weight excluding hydrogens is 434 g/mol. The highest BCUT2D eigenvalue weighted by atomic mass is 16.5. The van der Waals surface area contributed by atoms with E-state index in [0.717, 1.165) is 36.9 Å². The first-order chi connectivity index (χ1) is 16.4. The van der Waals surface area contributed by atoms with Crippen LogP contribution in [0.2, 0.25) is 0 Å². The largest absolute Gasteiger partial charge is 0.493 e. The first-order valence-electron chi connectivity index (χ1n) is 11.7. The zero-order chi connectivity index (χ0) is 24.5. The van der Waals surface area contributed by atoms with Crippen LogP contribution in [0.4, 0.5) is 0 Å². The molecule has 0 spiro atoms. The van der Waals surface area contributed by atoms with Crippen LogP contribution in [0.1, 0.15) is 49.8 Å². The number of benzene rings is 2. The summed E-state index contributed by atoms with van der Waals surface area (Å²) in [6, 6.07) is 13.0. The van der Waals surface area contributed by atoms with Gasteiger partial charge in [0.25, 0.3) is 0 Å². The summed E-state index contributed by atoms with van der Waals surface area (Å²) < 4.78 is 22.4. The number of carbonyl (C=O) groups is 2. The van der Waals surface area contributed by atoms with Gasteiger partial charge in [0, 0.05) is 0 Å². The molecule has 0 bridgehead atoms. The molecule has 1 saturated heterocycles. The van der Waals surface area contributed by atoms with Gasteiger partial charge in [0.1, 0.15) is 24.5 Å². The zero-order valence-electron chi connectivity index (χ0n) is 20.5. The van der Waals surface area contributed by atoms with Crippen LogP contribution in [-0.2, 0) is 20.7 Å². The summed E-state index contributed by atoms with van der Waals surface area (Å²) in [5.41, 5.74) is 1.89. The SMILES string of the molecule is COc1ccc(CC[C@@H](OC(=O)[C@@H]2CCCCN2C)c2cccc(OCC(C)=O)c2)cc1OC. The molecule has 7 heteroatoms. The smallest absolute Gasteiger partial charge is 0.323 e. The Hall–Kier alpha value is -3.06. The standard InChI is InChI=1S/C27H35NO6/c1-19(29)18-33-22-9-7-8-21(17-22)24(34-27(30)23-10-5-6-15-28(23)2)13-11-20-12-14-25(31-3)26(16-20)32-4/h7-9,12,14,16-17,23-24H,5-6,10-11,13,15,18H2,1-4H3/t23-,24+/m0/s1. The maximum atomic E-state index is 13.1. The van der Waals surface area contributed by atoms with Gasteiger partial charge in [-0.2, -0.15) is 0 Å². The second-order valence-electron chi connectivity index (χ2n) is 8.71. The highest BCUT2D eigenvalue weighted by molar-refractivity contribution is 5.77. The van der Waals surface area contributed by atoms with Crippen LogP contribution in [0.15, 0.2) is 42.5 Å². The fraction of sp³-hybridized carbons (Fsp3) is 0.481. The third-order valence-corrected chi connectivity index (χ3v) is 6.12. The summed E-state index contributed by atoms with van der Waals surface area (Å²) in [5.74, 6) is 1.66. The number of likely N-dealkylation sites (tertiary alicyclic amines) is 1. The van der Waals surface area contributed by atoms with E-state index in [0.29, 0.717) is 30.1 Å². The molecular formula is C27H35NO6. The molecule has 3 rings (SSSR count). The summed E-state index contributed by atoms with van der Waals surface area (Å²) in [6.07, 6.45) is 3.75. The zero-order valence-corrected chi connectivity index (χ0v) is 20.5. The number of hydrogen-bond acceptors (Lipinski definition) is 7. The molecule has 1 fully saturated rings. The van der Waals surface area contributed by atoms with Crippen LogP contribution in [0, 0.1) is 0 Å². The topological polar surface area (TPSA) is 74.3 Å². The van der Waals surface area contributed by atoms with E-state index >= 15 is 0 Å². The van der Waals surface area contributed by atoms with Crippen molar-refractivity contribution in [2.75, 3.05) is 34.4 Å². The van der Waals surface area contributed by atoms with E-state index in [1.807, 2.05) is 43.4 Å². The van der Waals surface area contributed by atoms with Gasteiger partial charge in [-0.25, -0.2) is 0 Å². The fourth-order valence-electron chi connectivity index (χ4n) is 4.21. The predicted molar refractivity (Wildman–Crippen MR) is 130 cm³/mol. The Labute approximate surface area is 201 Å². The molecule has 0 radical (unpaired) electrons. The maximum absolute atomic E-state index is 13.1. The van der Waals surface area contributed by atoms with Crippen molar-refractivity contribution in [1.29, 1.82) is 0 Å². The van der Waals surface area contributed by atoms with Crippen molar-refractivity contribution in [1.82, 2.24) is 4.90 Å². The lowest BCUT2D eigenvalue weighted by Crippen LogP contribution is -2.43. The summed E-state index contributed by atoms with van der Waals surface area (Å²) in [4.78, 5) is 26.5. The van der Waals surface area contributed by atoms with Crippen molar-refractivity contribution in [3.8, 4) is 17.2 Å². The van der Waals surface area contributed by atoms with Crippen molar-refractivity contribution < 1.29 is 28.5 Å². The second kappa shape index (κ2) is 12.4. The number of nitrogens with zero attached hydrogens (tertiary/aromatic N) is 1. The van der Waals surface area contributed by atoms with Gasteiger partial charge in [-0.3, -0.25) is 14.5 Å². The number of methoxy groups -OCH3 is 2. The average Bonchev–Trinajstić information content (AvgIpc) is 2.85. The van der Waals surface area contributed by atoms with E-state index < -0.39 is 6.10 Å². The monoisotopic (exact) mass is 469 g/mol. The number of likely N-dealkylation sites (N-methyl/N-ethyl adjacent to an activating group) is 1. The molecule has 184 valence electrons. The van der Waals surface area contributed by atoms with Crippen molar-refractivity contribution in [3.63, 3.8) is 0 Å². The Morgan fingerprint density at radius 2 is 1.85 bits per heavy atom. The number of piperidine rings is 1. The lowest BCUT2D eigenvalue weighted by Gasteiger charge is -2.32. The quantitative estimate of drug-likeness (QED) is 0.452. The molecule has 0 saturated carbocycles. The van der Waals surface area contributed by atoms with Gasteiger partial charge >= 0.3 is 5.97 Å². The highest BCUT2D eigenvalue weighted by Crippen LogP contribution is 2.31. The Morgan fingerprint density at radius 3 is 2.56 bits per heavy atom. The number of hydrogen-bond donors (Lipinski definition) is 0. The molecule has 0 amide bonds. The van der Waals surface area contributed by atoms with E-state index in [-0.39, 0.29) is 24.4 Å². The maximum Gasteiger partial charge on any atom is 0.323 e. The molecule has 0 aromatic heterocycles. The van der Waals surface area contributed by atoms with Crippen LogP contribution < -0.4 is 14.2 Å². The van der Waals surface area contributed by atoms with Crippen molar-refractivity contribution in [2.45, 2.75) is 51.2 Å². The van der Waals surface area contributed by atoms with Gasteiger partial charge in [0.2, 0.25) is 0 Å². The molecule has 0 N–H and O–H groups in total. The number of ketones is 1. The molecule has 0 unspecified atom stereocenters. The minimum atomic E-state index is -0.447. The van der Waals surface area contributed by atoms with E-state index in [9.17, 15) is 9.59 Å². The number of rotatable bonds is 11. The van der Waals surface area contributed by atoms with Crippen LogP contribution in [0.5, 0.6) is 17.2 Å². The third kappa shape index (κ3) is 6.97. The third-order valence-electron chi connectivity index (χ3n) is 6.12. The van der Waals surface area contributed by atoms with E-state index in [1.165, 1.54) is 6.92 Å². The van der Waals surface area contributed by atoms with Gasteiger partial charge in [0.05, 0.1) is 14.2 Å². The minimum Gasteiger partial charge on any atom is -0.493 e. The predicted octanol–water partition coefficient (Wildman–Crippen LogP) is 4.37. The molecule has 34 heavy (non-hydrogen) atoms. The Kier molecular flexibility index (Phi) is 9.33. The normalized spacial score (nSPS) is 17.0. The second-order valence-corrected chi connectivity index (χ2v) is 8.71. The molecule has 1 aliphatic heterocycles. The summed E-state index contributed by atoms with van der Waals surface area (Å²) >= 11 is 0. The van der Waals surface area contributed by atoms with Crippen molar-refractivity contribution >= 4 is 11.8 Å². The lowest BCUT2D eigenvalue weighted by atomic mass is 9.99. The molecule has 1 heterocycles. The van der Waals surface area contributed by atoms with Gasteiger partial charge in [-0.15, -0.1) is 0 Å². The van der Waals surface area contributed by atoms with Gasteiger partial charge < -0.3 is 18.9 Å². The minimum absolute atomic E-state index is 0.00637. The Balaban J connectivity index is 1.79. The Bertz CT molecular complexity index is 975. The average molecular weight is 470 g/mol. The van der Waals surface area contributed by atoms with Gasteiger partial charge in [-0.1, -0.05) is 24.6 Å². The summed E-state index contributed by atoms with van der Waals surface area (Å²) in [5, 5.41) is 0. The first kappa shape index (κ1) is 25.6.